The molecule has 3 heteroatoms. The summed E-state index contributed by atoms with van der Waals surface area (Å²) in [5.41, 5.74) is 4.68. The number of nitrogens with one attached hydrogen (secondary N) is 1. The van der Waals surface area contributed by atoms with Crippen LogP contribution in [0.3, 0.4) is 0 Å². The number of hydrogen-bond donors (Lipinski definition) is 1. The van der Waals surface area contributed by atoms with E-state index in [1.807, 2.05) is 37.3 Å². The fourth-order valence-corrected chi connectivity index (χ4v) is 1.23. The molecular formula is C11H14N2O. The minimum Gasteiger partial charge on any atom is -0.496 e. The van der Waals surface area contributed by atoms with Crippen LogP contribution in [0.5, 0.6) is 5.75 Å². The van der Waals surface area contributed by atoms with Crippen LogP contribution in [-0.4, -0.2) is 13.8 Å². The second kappa shape index (κ2) is 5.07. The van der Waals surface area contributed by atoms with E-state index in [1.165, 1.54) is 0 Å². The third kappa shape index (κ3) is 2.13. The molecule has 0 aliphatic carbocycles. The minimum absolute atomic E-state index is 0.816. The van der Waals surface area contributed by atoms with Gasteiger partial charge in [-0.2, -0.15) is 5.10 Å². The van der Waals surface area contributed by atoms with E-state index in [2.05, 4.69) is 17.2 Å². The first-order chi connectivity index (χ1) is 6.83. The molecule has 0 saturated carbocycles. The first-order valence-corrected chi connectivity index (χ1v) is 4.35. The summed E-state index contributed by atoms with van der Waals surface area (Å²) in [5.74, 6) is 0.816. The summed E-state index contributed by atoms with van der Waals surface area (Å²) in [4.78, 5) is 0. The molecule has 0 atom stereocenters. The SMILES string of the molecule is C=NN/C(=C\C)c1ccccc1OC. The van der Waals surface area contributed by atoms with E-state index in [4.69, 9.17) is 4.74 Å². The van der Waals surface area contributed by atoms with Gasteiger partial charge in [0.15, 0.2) is 0 Å². The van der Waals surface area contributed by atoms with Crippen molar-refractivity contribution in [1.29, 1.82) is 0 Å². The summed E-state index contributed by atoms with van der Waals surface area (Å²) in [6, 6.07) is 7.75. The molecule has 0 amide bonds. The molecule has 0 aliphatic heterocycles. The van der Waals surface area contributed by atoms with Crippen LogP contribution in [0.1, 0.15) is 12.5 Å². The van der Waals surface area contributed by atoms with E-state index >= 15 is 0 Å². The van der Waals surface area contributed by atoms with Gasteiger partial charge in [0.25, 0.3) is 0 Å². The lowest BCUT2D eigenvalue weighted by Gasteiger charge is -2.10. The van der Waals surface area contributed by atoms with Gasteiger partial charge in [-0.25, -0.2) is 0 Å². The van der Waals surface area contributed by atoms with Crippen molar-refractivity contribution >= 4 is 12.4 Å². The van der Waals surface area contributed by atoms with Crippen molar-refractivity contribution < 1.29 is 4.74 Å². The van der Waals surface area contributed by atoms with E-state index in [-0.39, 0.29) is 0 Å². The Hall–Kier alpha value is -1.77. The number of methoxy groups -OCH3 is 1. The number of rotatable bonds is 4. The predicted molar refractivity (Wildman–Crippen MR) is 59.3 cm³/mol. The van der Waals surface area contributed by atoms with Crippen molar-refractivity contribution in [3.8, 4) is 5.75 Å². The van der Waals surface area contributed by atoms with Crippen molar-refractivity contribution in [2.75, 3.05) is 7.11 Å². The fraction of sp³-hybridized carbons (Fsp3) is 0.182. The summed E-state index contributed by atoms with van der Waals surface area (Å²) in [5, 5.41) is 3.63. The lowest BCUT2D eigenvalue weighted by Crippen LogP contribution is -2.04. The van der Waals surface area contributed by atoms with E-state index in [9.17, 15) is 0 Å². The first kappa shape index (κ1) is 10.3. The summed E-state index contributed by atoms with van der Waals surface area (Å²) >= 11 is 0. The third-order valence-corrected chi connectivity index (χ3v) is 1.89. The first-order valence-electron chi connectivity index (χ1n) is 4.35. The molecule has 0 aromatic heterocycles. The monoisotopic (exact) mass is 190 g/mol. The smallest absolute Gasteiger partial charge is 0.128 e. The summed E-state index contributed by atoms with van der Waals surface area (Å²) < 4.78 is 5.23. The standard InChI is InChI=1S/C11H14N2O/c1-4-10(13-12-2)9-7-5-6-8-11(9)14-3/h4-8,13H,2H2,1,3H3/b10-4-. The zero-order valence-corrected chi connectivity index (χ0v) is 8.45. The zero-order valence-electron chi connectivity index (χ0n) is 8.45. The molecule has 74 valence electrons. The summed E-state index contributed by atoms with van der Waals surface area (Å²) in [6.45, 7) is 5.32. The largest absolute Gasteiger partial charge is 0.496 e. The molecular weight excluding hydrogens is 176 g/mol. The van der Waals surface area contributed by atoms with Gasteiger partial charge in [-0.3, -0.25) is 5.43 Å². The zero-order chi connectivity index (χ0) is 10.4. The Balaban J connectivity index is 3.09. The fourth-order valence-electron chi connectivity index (χ4n) is 1.23. The maximum Gasteiger partial charge on any atom is 0.128 e. The predicted octanol–water partition coefficient (Wildman–Crippen LogP) is 2.26. The Labute approximate surface area is 84.1 Å². The van der Waals surface area contributed by atoms with Crippen LogP contribution >= 0.6 is 0 Å². The molecule has 3 nitrogen and oxygen atoms in total. The second-order valence-corrected chi connectivity index (χ2v) is 2.67. The lowest BCUT2D eigenvalue weighted by molar-refractivity contribution is 0.413. The topological polar surface area (TPSA) is 33.6 Å². The highest BCUT2D eigenvalue weighted by Crippen LogP contribution is 2.23. The molecule has 1 rings (SSSR count). The molecule has 0 heterocycles. The number of nitrogens with zero attached hydrogens (tertiary/aromatic N) is 1. The Bertz CT molecular complexity index is 345. The van der Waals surface area contributed by atoms with Crippen LogP contribution in [0.15, 0.2) is 35.4 Å². The van der Waals surface area contributed by atoms with E-state index in [0.717, 1.165) is 17.0 Å². The van der Waals surface area contributed by atoms with E-state index < -0.39 is 0 Å². The molecule has 0 bridgehead atoms. The van der Waals surface area contributed by atoms with E-state index in [0.29, 0.717) is 0 Å². The molecule has 0 spiro atoms. The maximum absolute atomic E-state index is 5.23. The van der Waals surface area contributed by atoms with Crippen molar-refractivity contribution in [2.45, 2.75) is 6.92 Å². The van der Waals surface area contributed by atoms with E-state index in [1.54, 1.807) is 7.11 Å². The Morgan fingerprint density at radius 1 is 1.50 bits per heavy atom. The molecule has 1 N–H and O–H groups in total. The van der Waals surface area contributed by atoms with Gasteiger partial charge in [0.2, 0.25) is 0 Å². The Morgan fingerprint density at radius 3 is 2.79 bits per heavy atom. The van der Waals surface area contributed by atoms with Gasteiger partial charge < -0.3 is 4.74 Å². The number of benzene rings is 1. The number of ether oxygens (including phenoxy) is 1. The highest BCUT2D eigenvalue weighted by Gasteiger charge is 2.05. The van der Waals surface area contributed by atoms with Crippen molar-refractivity contribution in [1.82, 2.24) is 5.43 Å². The van der Waals surface area contributed by atoms with Crippen LogP contribution in [0.4, 0.5) is 0 Å². The molecule has 0 unspecified atom stereocenters. The molecule has 14 heavy (non-hydrogen) atoms. The van der Waals surface area contributed by atoms with Crippen LogP contribution in [0, 0.1) is 0 Å². The average molecular weight is 190 g/mol. The van der Waals surface area contributed by atoms with Gasteiger partial charge in [0.1, 0.15) is 5.75 Å². The van der Waals surface area contributed by atoms with Crippen LogP contribution in [0.25, 0.3) is 5.70 Å². The highest BCUT2D eigenvalue weighted by molar-refractivity contribution is 5.68. The Morgan fingerprint density at radius 2 is 2.21 bits per heavy atom. The molecule has 1 aromatic rings. The van der Waals surface area contributed by atoms with Crippen LogP contribution in [-0.2, 0) is 0 Å². The molecule has 0 aliphatic rings. The number of hydrazone groups is 1. The summed E-state index contributed by atoms with van der Waals surface area (Å²) in [6.07, 6.45) is 1.92. The Kier molecular flexibility index (Phi) is 3.73. The molecule has 0 saturated heterocycles. The van der Waals surface area contributed by atoms with Gasteiger partial charge in [-0.15, -0.1) is 0 Å². The van der Waals surface area contributed by atoms with Crippen LogP contribution in [0.2, 0.25) is 0 Å². The van der Waals surface area contributed by atoms with Gasteiger partial charge in [-0.05, 0) is 19.1 Å². The minimum atomic E-state index is 0.816. The van der Waals surface area contributed by atoms with Crippen molar-refractivity contribution in [2.24, 2.45) is 5.10 Å². The third-order valence-electron chi connectivity index (χ3n) is 1.89. The van der Waals surface area contributed by atoms with Gasteiger partial charge >= 0.3 is 0 Å². The lowest BCUT2D eigenvalue weighted by atomic mass is 10.1. The van der Waals surface area contributed by atoms with Crippen molar-refractivity contribution in [3.63, 3.8) is 0 Å². The van der Waals surface area contributed by atoms with Crippen molar-refractivity contribution in [3.05, 3.63) is 35.9 Å². The maximum atomic E-state index is 5.23. The van der Waals surface area contributed by atoms with Gasteiger partial charge in [-0.1, -0.05) is 18.2 Å². The molecule has 1 aromatic carbocycles. The second-order valence-electron chi connectivity index (χ2n) is 2.67. The quantitative estimate of drug-likeness (QED) is 0.583. The van der Waals surface area contributed by atoms with Crippen LogP contribution < -0.4 is 10.2 Å². The molecule has 0 radical (unpaired) electrons. The number of allylic oxidation sites excluding steroid dienone is 1. The highest BCUT2D eigenvalue weighted by atomic mass is 16.5. The summed E-state index contributed by atoms with van der Waals surface area (Å²) in [7, 11) is 1.65. The number of para-hydroxylation sites is 1. The van der Waals surface area contributed by atoms with Gasteiger partial charge in [0, 0.05) is 12.3 Å². The normalized spacial score (nSPS) is 10.9. The molecule has 0 fully saturated rings. The average Bonchev–Trinajstić information content (AvgIpc) is 2.26. The number of hydrogen-bond acceptors (Lipinski definition) is 3. The van der Waals surface area contributed by atoms with Gasteiger partial charge in [0.05, 0.1) is 12.8 Å².